The lowest BCUT2D eigenvalue weighted by Gasteiger charge is -2.39. The molecule has 0 aromatic heterocycles. The number of nitrogens with zero attached hydrogens (tertiary/aromatic N) is 1. The number of ether oxygens (including phenoxy) is 1. The first-order chi connectivity index (χ1) is 31.3. The maximum Gasteiger partial charge on any atom is 0.132 e. The fourth-order valence-electron chi connectivity index (χ4n) is 12.3. The van der Waals surface area contributed by atoms with Gasteiger partial charge >= 0.3 is 0 Å². The highest BCUT2D eigenvalue weighted by atomic mass is 16.5. The third kappa shape index (κ3) is 4.81. The van der Waals surface area contributed by atoms with Crippen molar-refractivity contribution in [2.75, 3.05) is 4.90 Å². The molecule has 2 nitrogen and oxygen atoms in total. The molecular weight excluding hydrogens is 775 g/mol. The minimum Gasteiger partial charge on any atom is -0.457 e. The molecule has 9 aromatic rings. The van der Waals surface area contributed by atoms with Crippen molar-refractivity contribution in [2.45, 2.75) is 50.4 Å². The Balaban J connectivity index is 0.985. The molecule has 0 N–H and O–H groups in total. The van der Waals surface area contributed by atoms with E-state index in [0.29, 0.717) is 0 Å². The van der Waals surface area contributed by atoms with Crippen LogP contribution in [0.4, 0.5) is 17.1 Å². The quantitative estimate of drug-likeness (QED) is 0.171. The Morgan fingerprint density at radius 3 is 1.50 bits per heavy atom. The molecule has 0 bridgehead atoms. The van der Waals surface area contributed by atoms with Gasteiger partial charge < -0.3 is 9.64 Å². The lowest BCUT2D eigenvalue weighted by molar-refractivity contribution is 0.436. The first-order valence-corrected chi connectivity index (χ1v) is 22.8. The monoisotopic (exact) mass is 821 g/mol. The molecule has 2 heteroatoms. The molecule has 3 aliphatic carbocycles. The molecule has 0 saturated heterocycles. The summed E-state index contributed by atoms with van der Waals surface area (Å²) in [7, 11) is 0. The van der Waals surface area contributed by atoms with Gasteiger partial charge in [0.15, 0.2) is 0 Å². The van der Waals surface area contributed by atoms with E-state index < -0.39 is 5.41 Å². The topological polar surface area (TPSA) is 12.5 Å². The third-order valence-electron chi connectivity index (χ3n) is 15.5. The molecule has 1 heterocycles. The number of hydrogen-bond donors (Lipinski definition) is 0. The Labute approximate surface area is 376 Å². The van der Waals surface area contributed by atoms with Gasteiger partial charge in [-0.2, -0.15) is 0 Å². The smallest absolute Gasteiger partial charge is 0.132 e. The van der Waals surface area contributed by atoms with E-state index in [1.807, 2.05) is 0 Å². The van der Waals surface area contributed by atoms with Crippen LogP contribution in [0, 0.1) is 0 Å². The van der Waals surface area contributed by atoms with Crippen molar-refractivity contribution in [2.24, 2.45) is 0 Å². The van der Waals surface area contributed by atoms with E-state index >= 15 is 0 Å². The number of rotatable bonds is 5. The molecule has 1 spiro atoms. The van der Waals surface area contributed by atoms with Crippen LogP contribution in [0.3, 0.4) is 0 Å². The molecule has 1 atom stereocenters. The zero-order valence-corrected chi connectivity index (χ0v) is 36.6. The highest BCUT2D eigenvalue weighted by molar-refractivity contribution is 5.97. The number of benzene rings is 9. The maximum atomic E-state index is 6.62. The van der Waals surface area contributed by atoms with Crippen LogP contribution in [0.2, 0.25) is 0 Å². The number of anilines is 3. The van der Waals surface area contributed by atoms with Crippen molar-refractivity contribution in [1.82, 2.24) is 0 Å². The Morgan fingerprint density at radius 1 is 0.375 bits per heavy atom. The van der Waals surface area contributed by atoms with Crippen LogP contribution >= 0.6 is 0 Å². The zero-order chi connectivity index (χ0) is 43.0. The van der Waals surface area contributed by atoms with Crippen LogP contribution in [0.5, 0.6) is 11.5 Å². The summed E-state index contributed by atoms with van der Waals surface area (Å²) in [5.74, 6) is 1.82. The van der Waals surface area contributed by atoms with Crippen molar-refractivity contribution < 1.29 is 4.74 Å². The van der Waals surface area contributed by atoms with Gasteiger partial charge in [-0.05, 0) is 133 Å². The summed E-state index contributed by atoms with van der Waals surface area (Å²) in [6.45, 7) is 9.50. The summed E-state index contributed by atoms with van der Waals surface area (Å²) in [4.78, 5) is 2.48. The molecule has 1 aliphatic heterocycles. The molecule has 64 heavy (non-hydrogen) atoms. The SMILES string of the molecule is CCC1(C)c2ccccc2-c2ccc(N(c3ccc(-c4cccc5c4-c4ccccc4C54c5ccccc5Oc5ccccc54)cc3)c3ccc4c(c3)C(C)(C)c3ccccc3-4)cc21. The van der Waals surface area contributed by atoms with E-state index in [1.165, 1.54) is 94.7 Å². The van der Waals surface area contributed by atoms with Gasteiger partial charge in [-0.1, -0.05) is 179 Å². The first-order valence-electron chi connectivity index (χ1n) is 22.8. The molecule has 0 saturated carbocycles. The summed E-state index contributed by atoms with van der Waals surface area (Å²) in [6.07, 6.45) is 1.02. The van der Waals surface area contributed by atoms with Gasteiger partial charge in [-0.3, -0.25) is 0 Å². The summed E-state index contributed by atoms with van der Waals surface area (Å²) < 4.78 is 6.62. The predicted molar refractivity (Wildman–Crippen MR) is 264 cm³/mol. The van der Waals surface area contributed by atoms with Crippen molar-refractivity contribution >= 4 is 17.1 Å². The summed E-state index contributed by atoms with van der Waals surface area (Å²) in [6, 6.07) is 74.7. The molecule has 0 fully saturated rings. The van der Waals surface area contributed by atoms with Crippen LogP contribution in [0.1, 0.15) is 78.6 Å². The third-order valence-corrected chi connectivity index (χ3v) is 15.5. The van der Waals surface area contributed by atoms with E-state index in [-0.39, 0.29) is 10.8 Å². The van der Waals surface area contributed by atoms with E-state index in [9.17, 15) is 0 Å². The predicted octanol–water partition coefficient (Wildman–Crippen LogP) is 16.3. The fraction of sp³-hybridized carbons (Fsp3) is 0.129. The number of para-hydroxylation sites is 2. The number of hydrogen-bond acceptors (Lipinski definition) is 2. The van der Waals surface area contributed by atoms with Crippen molar-refractivity contribution in [3.63, 3.8) is 0 Å². The first kappa shape index (κ1) is 37.2. The Kier molecular flexibility index (Phi) is 7.72. The normalized spacial score (nSPS) is 16.9. The van der Waals surface area contributed by atoms with Crippen LogP contribution < -0.4 is 9.64 Å². The Hall–Kier alpha value is -7.42. The largest absolute Gasteiger partial charge is 0.457 e. The molecular formula is C62H47NO. The van der Waals surface area contributed by atoms with Crippen molar-refractivity contribution in [1.29, 1.82) is 0 Å². The minimum atomic E-state index is -0.509. The highest BCUT2D eigenvalue weighted by Gasteiger charge is 2.51. The molecule has 1 unspecified atom stereocenters. The van der Waals surface area contributed by atoms with Crippen LogP contribution in [-0.4, -0.2) is 0 Å². The Bertz CT molecular complexity index is 3360. The molecule has 0 radical (unpaired) electrons. The van der Waals surface area contributed by atoms with E-state index in [0.717, 1.165) is 29.3 Å². The van der Waals surface area contributed by atoms with Gasteiger partial charge in [0.05, 0.1) is 5.41 Å². The number of fused-ring (bicyclic) bond motifs is 15. The zero-order valence-electron chi connectivity index (χ0n) is 36.6. The Morgan fingerprint density at radius 2 is 0.844 bits per heavy atom. The van der Waals surface area contributed by atoms with E-state index in [4.69, 9.17) is 4.74 Å². The lowest BCUT2D eigenvalue weighted by Crippen LogP contribution is -2.32. The van der Waals surface area contributed by atoms with Crippen LogP contribution in [0.25, 0.3) is 44.5 Å². The second-order valence-corrected chi connectivity index (χ2v) is 18.9. The second-order valence-electron chi connectivity index (χ2n) is 18.9. The van der Waals surface area contributed by atoms with Gasteiger partial charge in [0.2, 0.25) is 0 Å². The summed E-state index contributed by atoms with van der Waals surface area (Å²) in [5, 5.41) is 0. The summed E-state index contributed by atoms with van der Waals surface area (Å²) >= 11 is 0. The van der Waals surface area contributed by atoms with Gasteiger partial charge in [0.1, 0.15) is 11.5 Å². The average Bonchev–Trinajstić information content (AvgIpc) is 3.88. The van der Waals surface area contributed by atoms with Crippen LogP contribution in [0.15, 0.2) is 200 Å². The van der Waals surface area contributed by atoms with Crippen molar-refractivity contribution in [3.05, 3.63) is 245 Å². The minimum absolute atomic E-state index is 0.0775. The molecule has 306 valence electrons. The van der Waals surface area contributed by atoms with E-state index in [2.05, 4.69) is 233 Å². The van der Waals surface area contributed by atoms with E-state index in [1.54, 1.807) is 0 Å². The van der Waals surface area contributed by atoms with Gasteiger partial charge in [0, 0.05) is 39.0 Å². The maximum absolute atomic E-state index is 6.62. The standard InChI is InChI=1S/C62H47NO/c1-5-61(4)50-22-10-7-18-45(50)47-36-34-42(38-56(47)61)63(41-33-35-46-44-17-6-9-21-49(44)60(2,3)55(46)37-41)40-31-29-39(30-32-40)43-20-16-26-54-59(43)48-19-8-11-23-51(48)62(54)52-24-12-14-27-57(52)64-58-28-15-13-25-53(58)62/h6-38H,5H2,1-4H3. The van der Waals surface area contributed by atoms with Gasteiger partial charge in [-0.25, -0.2) is 0 Å². The van der Waals surface area contributed by atoms with Crippen molar-refractivity contribution in [3.8, 4) is 56.0 Å². The average molecular weight is 822 g/mol. The van der Waals surface area contributed by atoms with Gasteiger partial charge in [-0.15, -0.1) is 0 Å². The molecule has 13 rings (SSSR count). The molecule has 0 amide bonds. The fourth-order valence-corrected chi connectivity index (χ4v) is 12.3. The molecule has 9 aromatic carbocycles. The molecule has 4 aliphatic rings. The second kappa shape index (κ2) is 13.3. The lowest BCUT2D eigenvalue weighted by atomic mass is 9.66. The van der Waals surface area contributed by atoms with Gasteiger partial charge in [0.25, 0.3) is 0 Å². The van der Waals surface area contributed by atoms with Crippen LogP contribution in [-0.2, 0) is 16.2 Å². The summed E-state index contributed by atoms with van der Waals surface area (Å²) in [5.41, 5.74) is 23.6. The highest BCUT2D eigenvalue weighted by Crippen LogP contribution is 2.63.